The van der Waals surface area contributed by atoms with Crippen LogP contribution in [-0.2, 0) is 14.8 Å². The first-order valence-corrected chi connectivity index (χ1v) is 11.7. The Hall–Kier alpha value is -0.630. The van der Waals surface area contributed by atoms with Crippen molar-refractivity contribution in [2.75, 3.05) is 29.4 Å². The summed E-state index contributed by atoms with van der Waals surface area (Å²) in [6.07, 6.45) is 6.11. The van der Waals surface area contributed by atoms with E-state index >= 15 is 0 Å². The summed E-state index contributed by atoms with van der Waals surface area (Å²) in [6, 6.07) is 4.45. The van der Waals surface area contributed by atoms with Crippen LogP contribution in [0.3, 0.4) is 0 Å². The Morgan fingerprint density at radius 2 is 1.84 bits per heavy atom. The normalized spacial score (nSPS) is 15.3. The van der Waals surface area contributed by atoms with Gasteiger partial charge in [0.15, 0.2) is 0 Å². The predicted molar refractivity (Wildman–Crippen MR) is 106 cm³/mol. The van der Waals surface area contributed by atoms with E-state index in [4.69, 9.17) is 23.2 Å². The molecule has 0 unspecified atom stereocenters. The maximum Gasteiger partial charge on any atom is 0.240 e. The zero-order chi connectivity index (χ0) is 18.4. The van der Waals surface area contributed by atoms with Crippen molar-refractivity contribution < 1.29 is 13.2 Å². The number of sulfonamides is 1. The molecule has 0 atom stereocenters. The molecule has 0 spiro atoms. The van der Waals surface area contributed by atoms with Gasteiger partial charge in [-0.3, -0.25) is 9.10 Å². The summed E-state index contributed by atoms with van der Waals surface area (Å²) < 4.78 is 25.1. The zero-order valence-corrected chi connectivity index (χ0v) is 17.1. The second-order valence-electron chi connectivity index (χ2n) is 6.02. The third-order valence-corrected chi connectivity index (χ3v) is 6.86. The Kier molecular flexibility index (Phi) is 7.73. The fraction of sp³-hybridized carbons (Fsp3) is 0.562. The van der Waals surface area contributed by atoms with Crippen LogP contribution in [0.2, 0.25) is 10.0 Å². The number of hydrogen-bond donors (Lipinski definition) is 1. The molecule has 9 heteroatoms. The van der Waals surface area contributed by atoms with Crippen LogP contribution >= 0.6 is 35.0 Å². The number of carbonyl (C=O) groups excluding carboxylic acids is 1. The lowest BCUT2D eigenvalue weighted by Crippen LogP contribution is -2.41. The zero-order valence-electron chi connectivity index (χ0n) is 14.0. The Balaban J connectivity index is 1.91. The van der Waals surface area contributed by atoms with Gasteiger partial charge >= 0.3 is 0 Å². The first kappa shape index (κ1) is 20.7. The molecule has 5 nitrogen and oxygen atoms in total. The van der Waals surface area contributed by atoms with Gasteiger partial charge in [0, 0.05) is 27.6 Å². The van der Waals surface area contributed by atoms with Crippen LogP contribution in [0.5, 0.6) is 0 Å². The minimum Gasteiger partial charge on any atom is -0.354 e. The van der Waals surface area contributed by atoms with Gasteiger partial charge in [-0.05, 0) is 31.0 Å². The average Bonchev–Trinajstić information content (AvgIpc) is 3.00. The maximum absolute atomic E-state index is 12.1. The summed E-state index contributed by atoms with van der Waals surface area (Å²) in [5, 5.41) is 4.09. The number of nitrogens with zero attached hydrogens (tertiary/aromatic N) is 1. The highest BCUT2D eigenvalue weighted by molar-refractivity contribution is 7.99. The number of hydrogen-bond acceptors (Lipinski definition) is 4. The summed E-state index contributed by atoms with van der Waals surface area (Å²) in [6.45, 7) is 0.220. The molecule has 1 aromatic rings. The molecule has 1 aromatic carbocycles. The molecule has 1 fully saturated rings. The Morgan fingerprint density at radius 1 is 1.24 bits per heavy atom. The smallest absolute Gasteiger partial charge is 0.240 e. The molecule has 1 N–H and O–H groups in total. The largest absolute Gasteiger partial charge is 0.354 e. The third kappa shape index (κ3) is 6.89. The number of carbonyl (C=O) groups is 1. The lowest BCUT2D eigenvalue weighted by atomic mass is 10.3. The first-order valence-electron chi connectivity index (χ1n) is 8.08. The van der Waals surface area contributed by atoms with Gasteiger partial charge in [-0.2, -0.15) is 11.8 Å². The van der Waals surface area contributed by atoms with E-state index in [9.17, 15) is 13.2 Å². The lowest BCUT2D eigenvalue weighted by molar-refractivity contribution is -0.119. The highest BCUT2D eigenvalue weighted by Gasteiger charge is 2.22. The monoisotopic (exact) mass is 424 g/mol. The van der Waals surface area contributed by atoms with Crippen LogP contribution in [-0.4, -0.2) is 44.7 Å². The van der Waals surface area contributed by atoms with Crippen molar-refractivity contribution in [3.8, 4) is 0 Å². The molecule has 0 aliphatic heterocycles. The second kappa shape index (κ2) is 9.35. The van der Waals surface area contributed by atoms with E-state index < -0.39 is 10.0 Å². The van der Waals surface area contributed by atoms with Crippen molar-refractivity contribution in [3.63, 3.8) is 0 Å². The SMILES string of the molecule is CS(=O)(=O)N(CC(=O)NCCSC1CCCC1)c1cc(Cl)cc(Cl)c1. The molecule has 2 rings (SSSR count). The number of nitrogens with one attached hydrogen (secondary N) is 1. The van der Waals surface area contributed by atoms with Crippen molar-refractivity contribution in [2.24, 2.45) is 0 Å². The summed E-state index contributed by atoms with van der Waals surface area (Å²) in [5.41, 5.74) is 0.274. The van der Waals surface area contributed by atoms with Gasteiger partial charge < -0.3 is 5.32 Å². The standard InChI is InChI=1S/C16H22Cl2N2O3S2/c1-25(22,23)20(14-9-12(17)8-13(18)10-14)11-16(21)19-6-7-24-15-4-2-3-5-15/h8-10,15H,2-7,11H2,1H3,(H,19,21). The highest BCUT2D eigenvalue weighted by atomic mass is 35.5. The second-order valence-corrected chi connectivity index (χ2v) is 10.2. The van der Waals surface area contributed by atoms with Crippen LogP contribution in [0.25, 0.3) is 0 Å². The van der Waals surface area contributed by atoms with Crippen molar-refractivity contribution in [1.82, 2.24) is 5.32 Å². The number of anilines is 1. The lowest BCUT2D eigenvalue weighted by Gasteiger charge is -2.22. The van der Waals surface area contributed by atoms with Gasteiger partial charge in [-0.15, -0.1) is 0 Å². The van der Waals surface area contributed by atoms with Gasteiger partial charge in [0.25, 0.3) is 0 Å². The fourth-order valence-electron chi connectivity index (χ4n) is 2.74. The quantitative estimate of drug-likeness (QED) is 0.647. The van der Waals surface area contributed by atoms with Crippen molar-refractivity contribution >= 4 is 56.6 Å². The van der Waals surface area contributed by atoms with Crippen molar-refractivity contribution in [1.29, 1.82) is 0 Å². The average molecular weight is 425 g/mol. The number of thioether (sulfide) groups is 1. The predicted octanol–water partition coefficient (Wildman–Crippen LogP) is 3.55. The summed E-state index contributed by atoms with van der Waals surface area (Å²) in [5.74, 6) is 0.478. The van der Waals surface area contributed by atoms with Crippen LogP contribution in [0.4, 0.5) is 5.69 Å². The van der Waals surface area contributed by atoms with Crippen LogP contribution in [0.1, 0.15) is 25.7 Å². The van der Waals surface area contributed by atoms with Crippen LogP contribution in [0.15, 0.2) is 18.2 Å². The van der Waals surface area contributed by atoms with Gasteiger partial charge in [0.1, 0.15) is 6.54 Å². The molecule has 0 saturated heterocycles. The van der Waals surface area contributed by atoms with Crippen molar-refractivity contribution in [3.05, 3.63) is 28.2 Å². The van der Waals surface area contributed by atoms with E-state index in [0.29, 0.717) is 21.8 Å². The first-order chi connectivity index (χ1) is 11.8. The van der Waals surface area contributed by atoms with Gasteiger partial charge in [0.2, 0.25) is 15.9 Å². The molecule has 0 radical (unpaired) electrons. The topological polar surface area (TPSA) is 66.5 Å². The molecule has 1 aliphatic carbocycles. The summed E-state index contributed by atoms with van der Waals surface area (Å²) in [7, 11) is -3.64. The van der Waals surface area contributed by atoms with Gasteiger partial charge in [-0.1, -0.05) is 36.0 Å². The summed E-state index contributed by atoms with van der Waals surface area (Å²) >= 11 is 13.7. The van der Waals surface area contributed by atoms with Crippen LogP contribution in [0, 0.1) is 0 Å². The van der Waals surface area contributed by atoms with E-state index in [2.05, 4.69) is 5.32 Å². The van der Waals surface area contributed by atoms with E-state index in [0.717, 1.165) is 16.3 Å². The van der Waals surface area contributed by atoms with E-state index in [-0.39, 0.29) is 18.1 Å². The highest BCUT2D eigenvalue weighted by Crippen LogP contribution is 2.29. The number of benzene rings is 1. The fourth-order valence-corrected chi connectivity index (χ4v) is 5.32. The molecule has 1 amide bonds. The van der Waals surface area contributed by atoms with E-state index in [1.807, 2.05) is 11.8 Å². The Morgan fingerprint density at radius 3 is 2.40 bits per heavy atom. The number of rotatable bonds is 8. The molecule has 0 aromatic heterocycles. The van der Waals surface area contributed by atoms with E-state index in [1.54, 1.807) is 0 Å². The molecule has 25 heavy (non-hydrogen) atoms. The maximum atomic E-state index is 12.1. The van der Waals surface area contributed by atoms with E-state index in [1.165, 1.54) is 43.9 Å². The third-order valence-electron chi connectivity index (χ3n) is 3.90. The molecular formula is C16H22Cl2N2O3S2. The molecule has 0 bridgehead atoms. The van der Waals surface area contributed by atoms with Gasteiger partial charge in [0.05, 0.1) is 11.9 Å². The Labute approximate surface area is 163 Å². The van der Waals surface area contributed by atoms with Crippen molar-refractivity contribution in [2.45, 2.75) is 30.9 Å². The molecule has 0 heterocycles. The molecule has 1 saturated carbocycles. The number of halogens is 2. The Bertz CT molecular complexity index is 687. The van der Waals surface area contributed by atoms with Gasteiger partial charge in [-0.25, -0.2) is 8.42 Å². The summed E-state index contributed by atoms with van der Waals surface area (Å²) in [4.78, 5) is 12.1. The molecule has 140 valence electrons. The minimum absolute atomic E-state index is 0.274. The molecule has 1 aliphatic rings. The number of amides is 1. The minimum atomic E-state index is -3.64. The van der Waals surface area contributed by atoms with Crippen LogP contribution < -0.4 is 9.62 Å². The molecular weight excluding hydrogens is 403 g/mol.